The number of nitrogens with zero attached hydrogens (tertiary/aromatic N) is 1. The van der Waals surface area contributed by atoms with Gasteiger partial charge < -0.3 is 10.6 Å². The zero-order valence-electron chi connectivity index (χ0n) is 11.5. The number of nitrogens with one attached hydrogen (secondary N) is 2. The van der Waals surface area contributed by atoms with Crippen LogP contribution in [0.4, 0.5) is 4.79 Å². The highest BCUT2D eigenvalue weighted by Gasteiger charge is 2.28. The van der Waals surface area contributed by atoms with Crippen LogP contribution < -0.4 is 10.6 Å². The van der Waals surface area contributed by atoms with Crippen LogP contribution in [0.5, 0.6) is 0 Å². The standard InChI is InChI=1S/C13H23N3OS/c1-4-6-7-8-15-12(17)16-13(3,5-2)11-14-9-10-18-11/h9-10H,4-8H2,1-3H3,(H2,15,16,17)/t13-/m0/s1. The summed E-state index contributed by atoms with van der Waals surface area (Å²) in [4.78, 5) is 16.1. The lowest BCUT2D eigenvalue weighted by Crippen LogP contribution is -2.48. The maximum absolute atomic E-state index is 11.8. The number of carbonyl (C=O) groups is 1. The summed E-state index contributed by atoms with van der Waals surface area (Å²) in [6, 6.07) is -0.106. The van der Waals surface area contributed by atoms with E-state index in [0.717, 1.165) is 37.2 Å². The summed E-state index contributed by atoms with van der Waals surface area (Å²) < 4.78 is 0. The molecule has 1 atom stereocenters. The minimum Gasteiger partial charge on any atom is -0.338 e. The molecule has 4 nitrogen and oxygen atoms in total. The van der Waals surface area contributed by atoms with E-state index in [2.05, 4.69) is 29.5 Å². The minimum atomic E-state index is -0.372. The van der Waals surface area contributed by atoms with Crippen molar-refractivity contribution in [2.24, 2.45) is 0 Å². The van der Waals surface area contributed by atoms with E-state index >= 15 is 0 Å². The molecule has 0 aliphatic rings. The second-order valence-corrected chi connectivity index (χ2v) is 5.51. The molecular weight excluding hydrogens is 246 g/mol. The van der Waals surface area contributed by atoms with Gasteiger partial charge in [0.05, 0.1) is 5.54 Å². The second-order valence-electron chi connectivity index (χ2n) is 4.61. The van der Waals surface area contributed by atoms with Gasteiger partial charge >= 0.3 is 6.03 Å². The van der Waals surface area contributed by atoms with Gasteiger partial charge in [0.1, 0.15) is 5.01 Å². The molecule has 1 aromatic heterocycles. The predicted octanol–water partition coefficient (Wildman–Crippen LogP) is 3.26. The molecule has 0 fully saturated rings. The van der Waals surface area contributed by atoms with Crippen LogP contribution in [0.1, 0.15) is 51.5 Å². The van der Waals surface area contributed by atoms with Crippen molar-refractivity contribution in [1.82, 2.24) is 15.6 Å². The Hall–Kier alpha value is -1.10. The highest BCUT2D eigenvalue weighted by Crippen LogP contribution is 2.25. The highest BCUT2D eigenvalue weighted by atomic mass is 32.1. The van der Waals surface area contributed by atoms with E-state index < -0.39 is 0 Å². The molecule has 102 valence electrons. The van der Waals surface area contributed by atoms with Crippen molar-refractivity contribution in [3.63, 3.8) is 0 Å². The number of carbonyl (C=O) groups excluding carboxylic acids is 1. The lowest BCUT2D eigenvalue weighted by atomic mass is 10.0. The number of hydrogen-bond acceptors (Lipinski definition) is 3. The van der Waals surface area contributed by atoms with Gasteiger partial charge in [-0.1, -0.05) is 26.7 Å². The molecule has 0 spiro atoms. The number of unbranched alkanes of at least 4 members (excludes halogenated alkanes) is 2. The SMILES string of the molecule is CCCCCNC(=O)N[C@@](C)(CC)c1nccs1. The number of thiazole rings is 1. The third-order valence-corrected chi connectivity index (χ3v) is 4.10. The van der Waals surface area contributed by atoms with E-state index in [9.17, 15) is 4.79 Å². The van der Waals surface area contributed by atoms with Crippen molar-refractivity contribution in [3.05, 3.63) is 16.6 Å². The summed E-state index contributed by atoms with van der Waals surface area (Å²) >= 11 is 1.57. The van der Waals surface area contributed by atoms with Crippen LogP contribution in [0.15, 0.2) is 11.6 Å². The summed E-state index contributed by atoms with van der Waals surface area (Å²) in [7, 11) is 0. The van der Waals surface area contributed by atoms with Gasteiger partial charge in [-0.05, 0) is 19.8 Å². The minimum absolute atomic E-state index is 0.106. The molecule has 0 saturated carbocycles. The lowest BCUT2D eigenvalue weighted by molar-refractivity contribution is 0.225. The fourth-order valence-corrected chi connectivity index (χ4v) is 2.49. The smallest absolute Gasteiger partial charge is 0.315 e. The molecule has 0 aliphatic carbocycles. The number of amides is 2. The highest BCUT2D eigenvalue weighted by molar-refractivity contribution is 7.09. The Labute approximate surface area is 113 Å². The molecule has 1 rings (SSSR count). The number of rotatable bonds is 7. The maximum Gasteiger partial charge on any atom is 0.315 e. The maximum atomic E-state index is 11.8. The van der Waals surface area contributed by atoms with Crippen LogP contribution in [0, 0.1) is 0 Å². The first-order chi connectivity index (χ1) is 8.62. The summed E-state index contributed by atoms with van der Waals surface area (Å²) in [5.41, 5.74) is -0.372. The van der Waals surface area contributed by atoms with Gasteiger partial charge in [-0.25, -0.2) is 9.78 Å². The quantitative estimate of drug-likeness (QED) is 0.746. The van der Waals surface area contributed by atoms with Crippen molar-refractivity contribution >= 4 is 17.4 Å². The molecule has 0 bridgehead atoms. The third kappa shape index (κ3) is 4.29. The number of aromatic nitrogens is 1. The normalized spacial score (nSPS) is 13.9. The van der Waals surface area contributed by atoms with Crippen LogP contribution in [0.3, 0.4) is 0 Å². The first-order valence-corrected chi connectivity index (χ1v) is 7.46. The first-order valence-electron chi connectivity index (χ1n) is 6.58. The van der Waals surface area contributed by atoms with Crippen molar-refractivity contribution in [1.29, 1.82) is 0 Å². The molecule has 5 heteroatoms. The van der Waals surface area contributed by atoms with Crippen molar-refractivity contribution in [2.45, 2.75) is 52.0 Å². The molecule has 2 amide bonds. The molecule has 0 radical (unpaired) electrons. The third-order valence-electron chi connectivity index (χ3n) is 3.07. The van der Waals surface area contributed by atoms with E-state index in [1.165, 1.54) is 0 Å². The van der Waals surface area contributed by atoms with Gasteiger partial charge in [-0.2, -0.15) is 0 Å². The topological polar surface area (TPSA) is 54.0 Å². The van der Waals surface area contributed by atoms with E-state index in [1.54, 1.807) is 17.5 Å². The Bertz CT molecular complexity index is 353. The summed E-state index contributed by atoms with van der Waals surface area (Å²) in [5, 5.41) is 8.80. The summed E-state index contributed by atoms with van der Waals surface area (Å²) in [6.07, 6.45) is 5.94. The molecule has 0 unspecified atom stereocenters. The molecular formula is C13H23N3OS. The van der Waals surface area contributed by atoms with Crippen LogP contribution in [-0.2, 0) is 5.54 Å². The van der Waals surface area contributed by atoms with E-state index in [0.29, 0.717) is 0 Å². The second kappa shape index (κ2) is 7.36. The van der Waals surface area contributed by atoms with Gasteiger partial charge in [0.2, 0.25) is 0 Å². The van der Waals surface area contributed by atoms with Gasteiger partial charge in [0.15, 0.2) is 0 Å². The van der Waals surface area contributed by atoms with Crippen LogP contribution in [0.2, 0.25) is 0 Å². The fraction of sp³-hybridized carbons (Fsp3) is 0.692. The zero-order valence-corrected chi connectivity index (χ0v) is 12.3. The van der Waals surface area contributed by atoms with Crippen molar-refractivity contribution < 1.29 is 4.79 Å². The van der Waals surface area contributed by atoms with E-state index in [4.69, 9.17) is 0 Å². The largest absolute Gasteiger partial charge is 0.338 e. The summed E-state index contributed by atoms with van der Waals surface area (Å²) in [5.74, 6) is 0. The molecule has 1 aromatic rings. The fourth-order valence-electron chi connectivity index (χ4n) is 1.66. The zero-order chi connectivity index (χ0) is 13.4. The van der Waals surface area contributed by atoms with Crippen molar-refractivity contribution in [3.8, 4) is 0 Å². The Balaban J connectivity index is 2.45. The molecule has 2 N–H and O–H groups in total. The predicted molar refractivity (Wildman–Crippen MR) is 75.8 cm³/mol. The first kappa shape index (κ1) is 15.0. The molecule has 0 saturated heterocycles. The van der Waals surface area contributed by atoms with Gasteiger partial charge in [-0.15, -0.1) is 11.3 Å². The average Bonchev–Trinajstić information content (AvgIpc) is 2.89. The molecule has 0 aromatic carbocycles. The average molecular weight is 269 g/mol. The Morgan fingerprint density at radius 1 is 1.44 bits per heavy atom. The van der Waals surface area contributed by atoms with Crippen molar-refractivity contribution in [2.75, 3.05) is 6.54 Å². The monoisotopic (exact) mass is 269 g/mol. The van der Waals surface area contributed by atoms with Gasteiger partial charge in [0.25, 0.3) is 0 Å². The Morgan fingerprint density at radius 3 is 2.78 bits per heavy atom. The number of urea groups is 1. The lowest BCUT2D eigenvalue weighted by Gasteiger charge is -2.27. The number of hydrogen-bond donors (Lipinski definition) is 2. The Kier molecular flexibility index (Phi) is 6.12. The molecule has 1 heterocycles. The molecule has 0 aliphatic heterocycles. The summed E-state index contributed by atoms with van der Waals surface area (Å²) in [6.45, 7) is 6.95. The van der Waals surface area contributed by atoms with Gasteiger partial charge in [0, 0.05) is 18.1 Å². The van der Waals surface area contributed by atoms with E-state index in [-0.39, 0.29) is 11.6 Å². The van der Waals surface area contributed by atoms with Gasteiger partial charge in [-0.3, -0.25) is 0 Å². The van der Waals surface area contributed by atoms with E-state index in [1.807, 2.05) is 12.3 Å². The van der Waals surface area contributed by atoms with Crippen LogP contribution in [0.25, 0.3) is 0 Å². The molecule has 18 heavy (non-hydrogen) atoms. The Morgan fingerprint density at radius 2 is 2.22 bits per heavy atom. The van der Waals surface area contributed by atoms with Crippen LogP contribution >= 0.6 is 11.3 Å². The van der Waals surface area contributed by atoms with Crippen LogP contribution in [-0.4, -0.2) is 17.6 Å².